The van der Waals surface area contributed by atoms with Crippen LogP contribution in [0.4, 0.5) is 4.39 Å². The van der Waals surface area contributed by atoms with Crippen LogP contribution < -0.4 is 5.32 Å². The fraction of sp³-hybridized carbons (Fsp3) is 0.385. The van der Waals surface area contributed by atoms with Gasteiger partial charge in [0.05, 0.1) is 23.6 Å². The van der Waals surface area contributed by atoms with Crippen molar-refractivity contribution in [3.63, 3.8) is 0 Å². The zero-order valence-corrected chi connectivity index (χ0v) is 12.2. The van der Waals surface area contributed by atoms with Crippen LogP contribution in [0, 0.1) is 5.82 Å². The first-order chi connectivity index (χ1) is 9.72. The average Bonchev–Trinajstić information content (AvgIpc) is 2.91. The SMILES string of the molecule is Fc1ccc(-c2noc(CC3CNCCO3)n2)cc1Br. The van der Waals surface area contributed by atoms with Crippen LogP contribution in [0.25, 0.3) is 11.4 Å². The first-order valence-corrected chi connectivity index (χ1v) is 7.12. The molecular weight excluding hydrogens is 329 g/mol. The Labute approximate surface area is 123 Å². The second-order valence-corrected chi connectivity index (χ2v) is 5.40. The van der Waals surface area contributed by atoms with Crippen LogP contribution in [-0.4, -0.2) is 35.9 Å². The van der Waals surface area contributed by atoms with E-state index in [2.05, 4.69) is 31.4 Å². The number of benzene rings is 1. The molecule has 1 atom stereocenters. The molecule has 2 aromatic rings. The van der Waals surface area contributed by atoms with E-state index in [1.807, 2.05) is 0 Å². The summed E-state index contributed by atoms with van der Waals surface area (Å²) in [5.74, 6) is 0.651. The van der Waals surface area contributed by atoms with Crippen molar-refractivity contribution < 1.29 is 13.7 Å². The maximum atomic E-state index is 13.2. The highest BCUT2D eigenvalue weighted by Gasteiger charge is 2.18. The van der Waals surface area contributed by atoms with E-state index in [9.17, 15) is 4.39 Å². The third-order valence-electron chi connectivity index (χ3n) is 3.05. The van der Waals surface area contributed by atoms with Crippen molar-refractivity contribution >= 4 is 15.9 Å². The number of nitrogens with zero attached hydrogens (tertiary/aromatic N) is 2. The third kappa shape index (κ3) is 3.05. The van der Waals surface area contributed by atoms with Gasteiger partial charge in [-0.05, 0) is 34.1 Å². The van der Waals surface area contributed by atoms with Crippen LogP contribution in [0.5, 0.6) is 0 Å². The average molecular weight is 342 g/mol. The molecule has 0 saturated carbocycles. The lowest BCUT2D eigenvalue weighted by Gasteiger charge is -2.21. The first kappa shape index (κ1) is 13.7. The summed E-state index contributed by atoms with van der Waals surface area (Å²) < 4.78 is 24.4. The highest BCUT2D eigenvalue weighted by Crippen LogP contribution is 2.23. The van der Waals surface area contributed by atoms with Crippen molar-refractivity contribution in [2.45, 2.75) is 12.5 Å². The normalized spacial score (nSPS) is 19.2. The number of aromatic nitrogens is 2. The largest absolute Gasteiger partial charge is 0.375 e. The quantitative estimate of drug-likeness (QED) is 0.926. The predicted octanol–water partition coefficient (Wildman–Crippen LogP) is 2.17. The minimum Gasteiger partial charge on any atom is -0.375 e. The highest BCUT2D eigenvalue weighted by atomic mass is 79.9. The standard InChI is InChI=1S/C13H13BrFN3O2/c14-10-5-8(1-2-11(10)15)13-17-12(20-18-13)6-9-7-16-3-4-19-9/h1-2,5,9,16H,3-4,6-7H2. The number of hydrogen-bond donors (Lipinski definition) is 1. The number of ether oxygens (including phenoxy) is 1. The highest BCUT2D eigenvalue weighted by molar-refractivity contribution is 9.10. The lowest BCUT2D eigenvalue weighted by Crippen LogP contribution is -2.39. The second-order valence-electron chi connectivity index (χ2n) is 4.54. The fourth-order valence-electron chi connectivity index (χ4n) is 2.04. The molecular formula is C13H13BrFN3O2. The monoisotopic (exact) mass is 341 g/mol. The Morgan fingerprint density at radius 2 is 2.35 bits per heavy atom. The zero-order valence-electron chi connectivity index (χ0n) is 10.6. The number of halogens is 2. The van der Waals surface area contributed by atoms with Crippen molar-refractivity contribution in [1.29, 1.82) is 0 Å². The molecule has 0 aliphatic carbocycles. The van der Waals surface area contributed by atoms with E-state index in [1.165, 1.54) is 6.07 Å². The van der Waals surface area contributed by atoms with Crippen molar-refractivity contribution in [2.24, 2.45) is 0 Å². The Hall–Kier alpha value is -1.31. The Bertz CT molecular complexity index is 599. The van der Waals surface area contributed by atoms with Crippen molar-refractivity contribution in [1.82, 2.24) is 15.5 Å². The molecule has 3 rings (SSSR count). The van der Waals surface area contributed by atoms with E-state index >= 15 is 0 Å². The van der Waals surface area contributed by atoms with Crippen LogP contribution in [0.3, 0.4) is 0 Å². The van der Waals surface area contributed by atoms with E-state index in [4.69, 9.17) is 9.26 Å². The molecule has 0 amide bonds. The van der Waals surface area contributed by atoms with Crippen LogP contribution >= 0.6 is 15.9 Å². The van der Waals surface area contributed by atoms with Crippen molar-refractivity contribution in [3.05, 3.63) is 34.4 Å². The molecule has 1 aliphatic rings. The summed E-state index contributed by atoms with van der Waals surface area (Å²) in [5.41, 5.74) is 0.705. The lowest BCUT2D eigenvalue weighted by molar-refractivity contribution is 0.0246. The van der Waals surface area contributed by atoms with Gasteiger partial charge in [0.25, 0.3) is 0 Å². The summed E-state index contributed by atoms with van der Waals surface area (Å²) in [4.78, 5) is 4.32. The van der Waals surface area contributed by atoms with E-state index in [-0.39, 0.29) is 11.9 Å². The molecule has 20 heavy (non-hydrogen) atoms. The van der Waals surface area contributed by atoms with E-state index < -0.39 is 0 Å². The van der Waals surface area contributed by atoms with Gasteiger partial charge in [0.2, 0.25) is 11.7 Å². The van der Waals surface area contributed by atoms with Crippen molar-refractivity contribution in [3.8, 4) is 11.4 Å². The van der Waals surface area contributed by atoms with Gasteiger partial charge in [-0.25, -0.2) is 4.39 Å². The summed E-state index contributed by atoms with van der Waals surface area (Å²) in [6, 6.07) is 4.61. The van der Waals surface area contributed by atoms with Gasteiger partial charge in [0, 0.05) is 18.7 Å². The molecule has 1 saturated heterocycles. The topological polar surface area (TPSA) is 60.2 Å². The molecule has 1 aromatic heterocycles. The second kappa shape index (κ2) is 5.99. The predicted molar refractivity (Wildman–Crippen MR) is 73.7 cm³/mol. The van der Waals surface area contributed by atoms with Gasteiger partial charge in [0.15, 0.2) is 0 Å². The number of nitrogens with one attached hydrogen (secondary N) is 1. The molecule has 0 radical (unpaired) electrons. The molecule has 1 unspecified atom stereocenters. The molecule has 1 fully saturated rings. The molecule has 1 aromatic carbocycles. The third-order valence-corrected chi connectivity index (χ3v) is 3.66. The van der Waals surface area contributed by atoms with Crippen LogP contribution in [-0.2, 0) is 11.2 Å². The Morgan fingerprint density at radius 3 is 3.10 bits per heavy atom. The molecule has 7 heteroatoms. The van der Waals surface area contributed by atoms with Crippen LogP contribution in [0.15, 0.2) is 27.2 Å². The minimum atomic E-state index is -0.320. The Morgan fingerprint density at radius 1 is 1.45 bits per heavy atom. The number of rotatable bonds is 3. The van der Waals surface area contributed by atoms with Gasteiger partial charge in [-0.2, -0.15) is 4.98 Å². The molecule has 1 aliphatic heterocycles. The molecule has 0 spiro atoms. The van der Waals surface area contributed by atoms with Gasteiger partial charge >= 0.3 is 0 Å². The fourth-order valence-corrected chi connectivity index (χ4v) is 2.41. The summed E-state index contributed by atoms with van der Waals surface area (Å²) >= 11 is 3.14. The van der Waals surface area contributed by atoms with E-state index in [0.717, 1.165) is 13.1 Å². The summed E-state index contributed by atoms with van der Waals surface area (Å²) in [6.07, 6.45) is 0.625. The number of hydrogen-bond acceptors (Lipinski definition) is 5. The molecule has 1 N–H and O–H groups in total. The van der Waals surface area contributed by atoms with Crippen LogP contribution in [0.2, 0.25) is 0 Å². The summed E-state index contributed by atoms with van der Waals surface area (Å²) in [5, 5.41) is 7.16. The summed E-state index contributed by atoms with van der Waals surface area (Å²) in [6.45, 7) is 2.34. The van der Waals surface area contributed by atoms with E-state index in [0.29, 0.717) is 34.8 Å². The lowest BCUT2D eigenvalue weighted by atomic mass is 10.2. The van der Waals surface area contributed by atoms with Crippen molar-refractivity contribution in [2.75, 3.05) is 19.7 Å². The van der Waals surface area contributed by atoms with Crippen LogP contribution in [0.1, 0.15) is 5.89 Å². The van der Waals surface area contributed by atoms with Gasteiger partial charge in [-0.15, -0.1) is 0 Å². The molecule has 5 nitrogen and oxygen atoms in total. The number of morpholine rings is 1. The molecule has 106 valence electrons. The first-order valence-electron chi connectivity index (χ1n) is 6.33. The van der Waals surface area contributed by atoms with Gasteiger partial charge in [-0.1, -0.05) is 5.16 Å². The Balaban J connectivity index is 1.73. The zero-order chi connectivity index (χ0) is 13.9. The maximum absolute atomic E-state index is 13.2. The van der Waals surface area contributed by atoms with E-state index in [1.54, 1.807) is 12.1 Å². The minimum absolute atomic E-state index is 0.0528. The van der Waals surface area contributed by atoms with Gasteiger partial charge in [0.1, 0.15) is 5.82 Å². The van der Waals surface area contributed by atoms with Gasteiger partial charge in [-0.3, -0.25) is 0 Å². The molecule has 0 bridgehead atoms. The summed E-state index contributed by atoms with van der Waals surface area (Å²) in [7, 11) is 0. The van der Waals surface area contributed by atoms with Gasteiger partial charge < -0.3 is 14.6 Å². The molecule has 2 heterocycles. The Kier molecular flexibility index (Phi) is 4.09. The smallest absolute Gasteiger partial charge is 0.229 e. The maximum Gasteiger partial charge on any atom is 0.229 e.